The van der Waals surface area contributed by atoms with Crippen molar-refractivity contribution in [1.82, 2.24) is 19.9 Å². The zero-order valence-electron chi connectivity index (χ0n) is 19.8. The van der Waals surface area contributed by atoms with Crippen molar-refractivity contribution in [3.05, 3.63) is 35.9 Å². The van der Waals surface area contributed by atoms with Crippen molar-refractivity contribution in [2.45, 2.75) is 38.5 Å². The Morgan fingerprint density at radius 3 is 1.70 bits per heavy atom. The molecule has 202 valence electrons. The van der Waals surface area contributed by atoms with Gasteiger partial charge in [0.15, 0.2) is 0 Å². The minimum Gasteiger partial charge on any atom is -0.481 e. The van der Waals surface area contributed by atoms with E-state index in [1.54, 1.807) is 6.07 Å². The van der Waals surface area contributed by atoms with E-state index in [1.165, 1.54) is 41.5 Å². The zero-order valence-corrected chi connectivity index (χ0v) is 21.4. The van der Waals surface area contributed by atoms with Gasteiger partial charge in [-0.2, -0.15) is 0 Å². The van der Waals surface area contributed by atoms with E-state index in [-0.39, 0.29) is 37.8 Å². The molecule has 0 aromatic carbocycles. The number of carboxylic acids is 1. The SMILES string of the molecule is CC1(C(=O)Cl)CCN(c2ncc(Cl)cn2)CC1(F)F.CC1(C(=O)O)CCN(c2ncccn2)CC1(F)F. The summed E-state index contributed by atoms with van der Waals surface area (Å²) in [6, 6.07) is 1.59. The summed E-state index contributed by atoms with van der Waals surface area (Å²) in [4.78, 5) is 40.4. The first-order valence-electron chi connectivity index (χ1n) is 11.1. The van der Waals surface area contributed by atoms with Gasteiger partial charge in [0, 0.05) is 25.5 Å². The van der Waals surface area contributed by atoms with Crippen molar-refractivity contribution >= 4 is 46.3 Å². The lowest BCUT2D eigenvalue weighted by Gasteiger charge is -2.43. The molecule has 2 unspecified atom stereocenters. The molecule has 4 heterocycles. The third-order valence-electron chi connectivity index (χ3n) is 6.79. The summed E-state index contributed by atoms with van der Waals surface area (Å²) in [5.41, 5.74) is -3.88. The van der Waals surface area contributed by atoms with E-state index in [0.717, 1.165) is 6.92 Å². The maximum atomic E-state index is 14.1. The van der Waals surface area contributed by atoms with E-state index >= 15 is 0 Å². The van der Waals surface area contributed by atoms with Gasteiger partial charge < -0.3 is 14.9 Å². The Kier molecular flexibility index (Phi) is 8.18. The Morgan fingerprint density at radius 2 is 1.30 bits per heavy atom. The van der Waals surface area contributed by atoms with Crippen molar-refractivity contribution in [3.8, 4) is 0 Å². The van der Waals surface area contributed by atoms with Crippen molar-refractivity contribution in [2.75, 3.05) is 36.0 Å². The van der Waals surface area contributed by atoms with Gasteiger partial charge in [-0.1, -0.05) is 11.6 Å². The number of carbonyl (C=O) groups is 2. The van der Waals surface area contributed by atoms with Gasteiger partial charge in [0.25, 0.3) is 11.8 Å². The van der Waals surface area contributed by atoms with Crippen LogP contribution in [0.2, 0.25) is 5.02 Å². The molecule has 2 fully saturated rings. The first-order valence-corrected chi connectivity index (χ1v) is 11.8. The van der Waals surface area contributed by atoms with Gasteiger partial charge in [-0.15, -0.1) is 0 Å². The number of hydrogen-bond donors (Lipinski definition) is 1. The molecule has 9 nitrogen and oxygen atoms in total. The molecule has 2 saturated heterocycles. The lowest BCUT2D eigenvalue weighted by molar-refractivity contribution is -0.179. The molecule has 0 bridgehead atoms. The molecule has 2 aliphatic heterocycles. The predicted molar refractivity (Wildman–Crippen MR) is 127 cm³/mol. The van der Waals surface area contributed by atoms with Crippen LogP contribution < -0.4 is 9.80 Å². The third-order valence-corrected chi connectivity index (χ3v) is 7.40. The Morgan fingerprint density at radius 1 is 0.865 bits per heavy atom. The number of halogens is 6. The van der Waals surface area contributed by atoms with E-state index in [2.05, 4.69) is 19.9 Å². The highest BCUT2D eigenvalue weighted by molar-refractivity contribution is 6.64. The average molecular weight is 567 g/mol. The molecule has 15 heteroatoms. The Hall–Kier alpha value is -2.80. The molecule has 2 aliphatic rings. The first kappa shape index (κ1) is 28.8. The molecular formula is C22H24Cl2F4N6O3. The quantitative estimate of drug-likeness (QED) is 0.430. The molecule has 0 spiro atoms. The molecule has 0 amide bonds. The van der Waals surface area contributed by atoms with Gasteiger partial charge >= 0.3 is 5.97 Å². The van der Waals surface area contributed by atoms with Gasteiger partial charge in [0.2, 0.25) is 17.1 Å². The summed E-state index contributed by atoms with van der Waals surface area (Å²) >= 11 is 11.0. The fourth-order valence-electron chi connectivity index (χ4n) is 3.84. The number of alkyl halides is 4. The zero-order chi connectivity index (χ0) is 27.6. The van der Waals surface area contributed by atoms with Crippen LogP contribution in [0.3, 0.4) is 0 Å². The predicted octanol–water partition coefficient (Wildman–Crippen LogP) is 4.16. The van der Waals surface area contributed by atoms with Crippen LogP contribution in [0.5, 0.6) is 0 Å². The Bertz CT molecular complexity index is 1130. The lowest BCUT2D eigenvalue weighted by Crippen LogP contribution is -2.58. The normalized spacial score (nSPS) is 26.6. The minimum absolute atomic E-state index is 0.0612. The van der Waals surface area contributed by atoms with Crippen molar-refractivity contribution in [1.29, 1.82) is 0 Å². The number of anilines is 2. The molecule has 1 N–H and O–H groups in total. The summed E-state index contributed by atoms with van der Waals surface area (Å²) in [6.07, 6.45) is 5.39. The fraction of sp³-hybridized carbons (Fsp3) is 0.545. The molecule has 2 atom stereocenters. The number of aromatic nitrogens is 4. The van der Waals surface area contributed by atoms with Crippen molar-refractivity contribution in [3.63, 3.8) is 0 Å². The summed E-state index contributed by atoms with van der Waals surface area (Å²) in [5, 5.41) is 8.27. The van der Waals surface area contributed by atoms with Crippen LogP contribution in [0.4, 0.5) is 29.5 Å². The highest BCUT2D eigenvalue weighted by atomic mass is 35.5. The van der Waals surface area contributed by atoms with E-state index in [4.69, 9.17) is 28.3 Å². The number of piperidine rings is 2. The molecule has 37 heavy (non-hydrogen) atoms. The maximum Gasteiger partial charge on any atom is 0.315 e. The summed E-state index contributed by atoms with van der Waals surface area (Å²) in [6.45, 7) is 1.36. The standard InChI is InChI=1S/C11H11Cl2F2N3O.C11H13F2N3O2/c1-10(8(13)19)2-3-18(6-11(10,14)15)9-16-4-7(12)5-17-9;1-10(8(17)18)3-6-16(7-11(10,12)13)9-14-4-2-5-15-9/h4-5H,2-3,6H2,1H3;2,4-5H,3,6-7H2,1H3,(H,17,18). The largest absolute Gasteiger partial charge is 0.481 e. The second kappa shape index (κ2) is 10.5. The first-order chi connectivity index (χ1) is 17.1. The highest BCUT2D eigenvalue weighted by Gasteiger charge is 2.59. The fourth-order valence-corrected chi connectivity index (χ4v) is 4.17. The van der Waals surface area contributed by atoms with Gasteiger partial charge in [-0.3, -0.25) is 9.59 Å². The molecule has 2 aromatic rings. The van der Waals surface area contributed by atoms with Gasteiger partial charge in [-0.25, -0.2) is 37.5 Å². The summed E-state index contributed by atoms with van der Waals surface area (Å²) in [7, 11) is 0. The van der Waals surface area contributed by atoms with E-state index < -0.39 is 47.0 Å². The third kappa shape index (κ3) is 5.71. The number of nitrogens with zero attached hydrogens (tertiary/aromatic N) is 6. The molecule has 2 aromatic heterocycles. The summed E-state index contributed by atoms with van der Waals surface area (Å²) in [5.74, 6) is -7.68. The Labute approximate surface area is 219 Å². The molecule has 0 saturated carbocycles. The maximum absolute atomic E-state index is 14.1. The molecular weight excluding hydrogens is 543 g/mol. The van der Waals surface area contributed by atoms with Crippen LogP contribution in [-0.4, -0.2) is 74.3 Å². The van der Waals surface area contributed by atoms with Gasteiger partial charge in [0.05, 0.1) is 30.5 Å². The molecule has 0 aliphatic carbocycles. The topological polar surface area (TPSA) is 112 Å². The highest BCUT2D eigenvalue weighted by Crippen LogP contribution is 2.46. The van der Waals surface area contributed by atoms with Gasteiger partial charge in [-0.05, 0) is 44.4 Å². The van der Waals surface area contributed by atoms with Crippen LogP contribution in [0, 0.1) is 10.8 Å². The minimum atomic E-state index is -3.32. The van der Waals surface area contributed by atoms with E-state index in [9.17, 15) is 27.2 Å². The van der Waals surface area contributed by atoms with Crippen molar-refractivity contribution in [2.24, 2.45) is 10.8 Å². The van der Waals surface area contributed by atoms with Crippen LogP contribution in [0.1, 0.15) is 26.7 Å². The number of carbonyl (C=O) groups excluding carboxylic acids is 1. The van der Waals surface area contributed by atoms with Crippen LogP contribution in [0.15, 0.2) is 30.9 Å². The van der Waals surface area contributed by atoms with Crippen molar-refractivity contribution < 1.29 is 32.3 Å². The average Bonchev–Trinajstić information content (AvgIpc) is 2.83. The van der Waals surface area contributed by atoms with E-state index in [0.29, 0.717) is 5.02 Å². The summed E-state index contributed by atoms with van der Waals surface area (Å²) < 4.78 is 56.1. The monoisotopic (exact) mass is 566 g/mol. The lowest BCUT2D eigenvalue weighted by atomic mass is 9.77. The second-order valence-electron chi connectivity index (χ2n) is 9.25. The van der Waals surface area contributed by atoms with E-state index in [1.807, 2.05) is 0 Å². The molecule has 4 rings (SSSR count). The number of hydrogen-bond acceptors (Lipinski definition) is 8. The second-order valence-corrected chi connectivity index (χ2v) is 10.0. The Balaban J connectivity index is 0.000000206. The van der Waals surface area contributed by atoms with Gasteiger partial charge in [0.1, 0.15) is 10.8 Å². The number of aliphatic carboxylic acids is 1. The number of rotatable bonds is 4. The molecule has 0 radical (unpaired) electrons. The number of carboxylic acid groups (broad SMARTS) is 1. The smallest absolute Gasteiger partial charge is 0.315 e. The van der Waals surface area contributed by atoms with Crippen LogP contribution in [0.25, 0.3) is 0 Å². The van der Waals surface area contributed by atoms with Crippen LogP contribution >= 0.6 is 23.2 Å². The van der Waals surface area contributed by atoms with Crippen LogP contribution in [-0.2, 0) is 9.59 Å².